The highest BCUT2D eigenvalue weighted by atomic mass is 35.5. The third-order valence-corrected chi connectivity index (χ3v) is 6.49. The number of amides is 1. The molecule has 1 aliphatic carbocycles. The van der Waals surface area contributed by atoms with Crippen molar-refractivity contribution >= 4 is 17.5 Å². The molecule has 1 aliphatic heterocycles. The van der Waals surface area contributed by atoms with E-state index in [0.29, 0.717) is 24.6 Å². The van der Waals surface area contributed by atoms with E-state index in [2.05, 4.69) is 22.3 Å². The second-order valence-electron chi connectivity index (χ2n) is 8.09. The summed E-state index contributed by atoms with van der Waals surface area (Å²) in [6, 6.07) is 7.93. The van der Waals surface area contributed by atoms with Gasteiger partial charge < -0.3 is 9.32 Å². The molecule has 0 spiro atoms. The molecule has 1 saturated heterocycles. The van der Waals surface area contributed by atoms with Crippen LogP contribution in [0.2, 0.25) is 5.02 Å². The first kappa shape index (κ1) is 19.4. The van der Waals surface area contributed by atoms with E-state index < -0.39 is 0 Å². The summed E-state index contributed by atoms with van der Waals surface area (Å²) in [6.45, 7) is 1.77. The molecule has 4 rings (SSSR count). The van der Waals surface area contributed by atoms with Gasteiger partial charge >= 0.3 is 0 Å². The van der Waals surface area contributed by atoms with Crippen molar-refractivity contribution in [2.24, 2.45) is 0 Å². The predicted molar refractivity (Wildman–Crippen MR) is 108 cm³/mol. The zero-order chi connectivity index (χ0) is 19.4. The van der Waals surface area contributed by atoms with Gasteiger partial charge in [0.15, 0.2) is 0 Å². The quantitative estimate of drug-likeness (QED) is 0.713. The molecule has 2 aliphatic rings. The molecule has 5 nitrogen and oxygen atoms in total. The Kier molecular flexibility index (Phi) is 6.00. The van der Waals surface area contributed by atoms with Crippen molar-refractivity contribution in [3.8, 4) is 0 Å². The zero-order valence-electron chi connectivity index (χ0n) is 16.3. The van der Waals surface area contributed by atoms with Crippen LogP contribution in [-0.2, 0) is 16.6 Å². The van der Waals surface area contributed by atoms with Gasteiger partial charge in [-0.2, -0.15) is 0 Å². The average molecular weight is 402 g/mol. The Bertz CT molecular complexity index is 790. The second kappa shape index (κ2) is 8.64. The Balaban J connectivity index is 1.40. The fourth-order valence-electron chi connectivity index (χ4n) is 4.34. The lowest BCUT2D eigenvalue weighted by Gasteiger charge is -2.39. The maximum absolute atomic E-state index is 12.6. The maximum Gasteiger partial charge on any atom is 0.227 e. The molecule has 6 heteroatoms. The summed E-state index contributed by atoms with van der Waals surface area (Å²) >= 11 is 6.04. The SMILES string of the molecule is O=C(CCc1nnc(C2(c3ccc(Cl)cc3)CCC2)o1)N1CCCCCCC1. The molecule has 2 aromatic rings. The highest BCUT2D eigenvalue weighted by Gasteiger charge is 2.45. The summed E-state index contributed by atoms with van der Waals surface area (Å²) in [7, 11) is 0. The zero-order valence-corrected chi connectivity index (χ0v) is 17.1. The van der Waals surface area contributed by atoms with Crippen LogP contribution in [0.5, 0.6) is 0 Å². The van der Waals surface area contributed by atoms with E-state index in [4.69, 9.17) is 16.0 Å². The van der Waals surface area contributed by atoms with E-state index in [9.17, 15) is 4.79 Å². The topological polar surface area (TPSA) is 59.2 Å². The first-order valence-electron chi connectivity index (χ1n) is 10.5. The van der Waals surface area contributed by atoms with Crippen LogP contribution >= 0.6 is 11.6 Å². The Morgan fingerprint density at radius 3 is 2.32 bits per heavy atom. The van der Waals surface area contributed by atoms with E-state index in [1.165, 1.54) is 24.8 Å². The molecule has 0 bridgehead atoms. The molecule has 0 radical (unpaired) electrons. The molecule has 2 fully saturated rings. The van der Waals surface area contributed by atoms with Gasteiger partial charge in [0.05, 0.1) is 5.41 Å². The smallest absolute Gasteiger partial charge is 0.227 e. The lowest BCUT2D eigenvalue weighted by molar-refractivity contribution is -0.131. The summed E-state index contributed by atoms with van der Waals surface area (Å²) in [4.78, 5) is 14.6. The fourth-order valence-corrected chi connectivity index (χ4v) is 4.47. The molecule has 1 aromatic carbocycles. The van der Waals surface area contributed by atoms with Crippen molar-refractivity contribution in [3.05, 3.63) is 46.6 Å². The van der Waals surface area contributed by atoms with Gasteiger partial charge in [0.25, 0.3) is 0 Å². The van der Waals surface area contributed by atoms with Gasteiger partial charge in [-0.3, -0.25) is 4.79 Å². The molecular weight excluding hydrogens is 374 g/mol. The minimum Gasteiger partial charge on any atom is -0.424 e. The van der Waals surface area contributed by atoms with E-state index >= 15 is 0 Å². The number of hydrogen-bond donors (Lipinski definition) is 0. The van der Waals surface area contributed by atoms with Gasteiger partial charge in [-0.1, -0.05) is 49.4 Å². The number of carbonyl (C=O) groups is 1. The third-order valence-electron chi connectivity index (χ3n) is 6.24. The van der Waals surface area contributed by atoms with Crippen LogP contribution in [0.4, 0.5) is 0 Å². The third kappa shape index (κ3) is 4.09. The Morgan fingerprint density at radius 2 is 1.68 bits per heavy atom. The van der Waals surface area contributed by atoms with Crippen LogP contribution in [0.15, 0.2) is 28.7 Å². The van der Waals surface area contributed by atoms with Gasteiger partial charge in [-0.25, -0.2) is 0 Å². The number of likely N-dealkylation sites (tertiary alicyclic amines) is 1. The molecule has 1 aromatic heterocycles. The molecule has 2 heterocycles. The van der Waals surface area contributed by atoms with Crippen molar-refractivity contribution in [1.29, 1.82) is 0 Å². The number of nitrogens with zero attached hydrogens (tertiary/aromatic N) is 3. The van der Waals surface area contributed by atoms with E-state index in [-0.39, 0.29) is 11.3 Å². The highest BCUT2D eigenvalue weighted by molar-refractivity contribution is 6.30. The number of carbonyl (C=O) groups excluding carboxylic acids is 1. The Morgan fingerprint density at radius 1 is 1.00 bits per heavy atom. The predicted octanol–water partition coefficient (Wildman–Crippen LogP) is 4.92. The van der Waals surface area contributed by atoms with Crippen molar-refractivity contribution in [2.45, 2.75) is 69.6 Å². The first-order chi connectivity index (χ1) is 13.7. The van der Waals surface area contributed by atoms with Gasteiger partial charge in [-0.15, -0.1) is 10.2 Å². The molecule has 0 atom stereocenters. The summed E-state index contributed by atoms with van der Waals surface area (Å²) in [5.74, 6) is 1.45. The van der Waals surface area contributed by atoms with Crippen molar-refractivity contribution in [2.75, 3.05) is 13.1 Å². The van der Waals surface area contributed by atoms with Crippen molar-refractivity contribution in [1.82, 2.24) is 15.1 Å². The Labute approximate surface area is 171 Å². The van der Waals surface area contributed by atoms with E-state index in [1.54, 1.807) is 0 Å². The fraction of sp³-hybridized carbons (Fsp3) is 0.591. The van der Waals surface area contributed by atoms with Crippen molar-refractivity contribution < 1.29 is 9.21 Å². The second-order valence-corrected chi connectivity index (χ2v) is 8.53. The monoisotopic (exact) mass is 401 g/mol. The molecule has 1 amide bonds. The van der Waals surface area contributed by atoms with Crippen LogP contribution in [0.1, 0.15) is 75.1 Å². The van der Waals surface area contributed by atoms with Gasteiger partial charge in [0.1, 0.15) is 0 Å². The van der Waals surface area contributed by atoms with Gasteiger partial charge in [0.2, 0.25) is 17.7 Å². The van der Waals surface area contributed by atoms with Crippen LogP contribution < -0.4 is 0 Å². The Hall–Kier alpha value is -1.88. The van der Waals surface area contributed by atoms with Crippen LogP contribution in [-0.4, -0.2) is 34.1 Å². The summed E-state index contributed by atoms with van der Waals surface area (Å²) in [5.41, 5.74) is 0.984. The number of benzene rings is 1. The number of rotatable bonds is 5. The molecular formula is C22H28ClN3O2. The largest absolute Gasteiger partial charge is 0.424 e. The van der Waals surface area contributed by atoms with Crippen LogP contribution in [0, 0.1) is 0 Å². The first-order valence-corrected chi connectivity index (χ1v) is 10.9. The summed E-state index contributed by atoms with van der Waals surface area (Å²) in [5, 5.41) is 9.33. The van der Waals surface area contributed by atoms with Crippen LogP contribution in [0.25, 0.3) is 0 Å². The molecule has 0 unspecified atom stereocenters. The number of aromatic nitrogens is 2. The van der Waals surface area contributed by atoms with E-state index in [1.807, 2.05) is 17.0 Å². The van der Waals surface area contributed by atoms with E-state index in [0.717, 1.165) is 50.2 Å². The molecule has 28 heavy (non-hydrogen) atoms. The molecule has 0 N–H and O–H groups in total. The minimum atomic E-state index is -0.192. The number of halogens is 1. The molecule has 1 saturated carbocycles. The van der Waals surface area contributed by atoms with Gasteiger partial charge in [0, 0.05) is 31.0 Å². The van der Waals surface area contributed by atoms with Crippen LogP contribution in [0.3, 0.4) is 0 Å². The molecule has 150 valence electrons. The number of hydrogen-bond acceptors (Lipinski definition) is 4. The summed E-state index contributed by atoms with van der Waals surface area (Å²) < 4.78 is 6.03. The lowest BCUT2D eigenvalue weighted by Crippen LogP contribution is -2.35. The minimum absolute atomic E-state index is 0.192. The normalized spacial score (nSPS) is 19.5. The number of aryl methyl sites for hydroxylation is 1. The standard InChI is InChI=1S/C22H28ClN3O2/c23-18-9-7-17(8-10-18)22(13-6-14-22)21-25-24-19(28-21)11-12-20(27)26-15-4-2-1-3-5-16-26/h7-10H,1-6,11-16H2. The maximum atomic E-state index is 12.6. The lowest BCUT2D eigenvalue weighted by atomic mass is 9.64. The van der Waals surface area contributed by atoms with Gasteiger partial charge in [-0.05, 0) is 43.4 Å². The summed E-state index contributed by atoms with van der Waals surface area (Å²) in [6.07, 6.45) is 10.1. The van der Waals surface area contributed by atoms with Crippen molar-refractivity contribution in [3.63, 3.8) is 0 Å². The average Bonchev–Trinajstić information content (AvgIpc) is 3.09. The highest BCUT2D eigenvalue weighted by Crippen LogP contribution is 2.48.